The zero-order chi connectivity index (χ0) is 8.27. The van der Waals surface area contributed by atoms with Crippen LogP contribution in [0, 0.1) is 5.92 Å². The largest absolute Gasteiger partial charge is 0.310 e. The van der Waals surface area contributed by atoms with E-state index in [9.17, 15) is 0 Å². The number of nitrogens with zero attached hydrogens (tertiary/aromatic N) is 2. The van der Waals surface area contributed by atoms with Crippen molar-refractivity contribution in [3.05, 3.63) is 0 Å². The summed E-state index contributed by atoms with van der Waals surface area (Å²) >= 11 is 0. The maximum Gasteiger partial charge on any atom is 0.0483 e. The van der Waals surface area contributed by atoms with Crippen LogP contribution < -0.4 is 5.32 Å². The number of aliphatic imine (C=N–C) groups is 2. The fourth-order valence-corrected chi connectivity index (χ4v) is 1.37. The third kappa shape index (κ3) is 1.66. The molecule has 3 nitrogen and oxygen atoms in total. The molecule has 1 N–H and O–H groups in total. The van der Waals surface area contributed by atoms with Crippen LogP contribution in [-0.2, 0) is 0 Å². The van der Waals surface area contributed by atoms with Gasteiger partial charge in [0.2, 0.25) is 0 Å². The van der Waals surface area contributed by atoms with Gasteiger partial charge in [0.25, 0.3) is 0 Å². The van der Waals surface area contributed by atoms with Crippen molar-refractivity contribution in [2.75, 3.05) is 27.2 Å². The Morgan fingerprint density at radius 1 is 1.55 bits per heavy atom. The van der Waals surface area contributed by atoms with E-state index in [2.05, 4.69) is 22.2 Å². The monoisotopic (exact) mass is 153 g/mol. The zero-order valence-electron chi connectivity index (χ0n) is 7.39. The lowest BCUT2D eigenvalue weighted by molar-refractivity contribution is 0.807. The molecular weight excluding hydrogens is 138 g/mol. The Hall–Kier alpha value is -0.700. The smallest absolute Gasteiger partial charge is 0.0483 e. The van der Waals surface area contributed by atoms with Crippen molar-refractivity contribution >= 4 is 11.4 Å². The summed E-state index contributed by atoms with van der Waals surface area (Å²) in [5, 5.41) is 3.28. The minimum atomic E-state index is 0.449. The highest BCUT2D eigenvalue weighted by Crippen LogP contribution is 2.07. The molecule has 0 aliphatic carbocycles. The van der Waals surface area contributed by atoms with Crippen LogP contribution in [0.15, 0.2) is 9.98 Å². The quantitative estimate of drug-likeness (QED) is 0.543. The Morgan fingerprint density at radius 3 is 2.82 bits per heavy atom. The second kappa shape index (κ2) is 3.62. The van der Waals surface area contributed by atoms with Crippen molar-refractivity contribution in [1.29, 1.82) is 0 Å². The third-order valence-corrected chi connectivity index (χ3v) is 2.20. The van der Waals surface area contributed by atoms with Gasteiger partial charge in [-0.2, -0.15) is 0 Å². The molecule has 1 unspecified atom stereocenters. The van der Waals surface area contributed by atoms with Gasteiger partial charge in [-0.1, -0.05) is 0 Å². The summed E-state index contributed by atoms with van der Waals surface area (Å²) < 4.78 is 0. The molecule has 0 aromatic carbocycles. The number of rotatable bonds is 1. The second-order valence-electron chi connectivity index (χ2n) is 2.76. The number of hydrogen-bond acceptors (Lipinski definition) is 3. The van der Waals surface area contributed by atoms with E-state index < -0.39 is 0 Å². The summed E-state index contributed by atoms with van der Waals surface area (Å²) in [5.41, 5.74) is 2.41. The van der Waals surface area contributed by atoms with E-state index in [4.69, 9.17) is 0 Å². The SMILES string of the molecule is CN=C(C)C1CNCC1=NC. The lowest BCUT2D eigenvalue weighted by Crippen LogP contribution is -2.20. The molecule has 62 valence electrons. The van der Waals surface area contributed by atoms with Gasteiger partial charge < -0.3 is 5.32 Å². The zero-order valence-corrected chi connectivity index (χ0v) is 7.39. The Bertz CT molecular complexity index is 194. The van der Waals surface area contributed by atoms with Crippen molar-refractivity contribution in [3.8, 4) is 0 Å². The first-order valence-electron chi connectivity index (χ1n) is 3.89. The molecule has 1 rings (SSSR count). The van der Waals surface area contributed by atoms with Crippen molar-refractivity contribution in [1.82, 2.24) is 5.32 Å². The first kappa shape index (κ1) is 8.40. The van der Waals surface area contributed by atoms with E-state index in [0.717, 1.165) is 13.1 Å². The van der Waals surface area contributed by atoms with E-state index >= 15 is 0 Å². The fourth-order valence-electron chi connectivity index (χ4n) is 1.37. The Kier molecular flexibility index (Phi) is 2.76. The Balaban J connectivity index is 2.72. The van der Waals surface area contributed by atoms with E-state index in [1.54, 1.807) is 0 Å². The maximum absolute atomic E-state index is 4.21. The van der Waals surface area contributed by atoms with Gasteiger partial charge in [-0.15, -0.1) is 0 Å². The third-order valence-electron chi connectivity index (χ3n) is 2.20. The van der Waals surface area contributed by atoms with Crippen LogP contribution in [0.2, 0.25) is 0 Å². The minimum Gasteiger partial charge on any atom is -0.310 e. The summed E-state index contributed by atoms with van der Waals surface area (Å²) in [5.74, 6) is 0.449. The molecule has 1 atom stereocenters. The Labute approximate surface area is 67.6 Å². The molecule has 0 aromatic heterocycles. The van der Waals surface area contributed by atoms with E-state index in [1.807, 2.05) is 14.1 Å². The lowest BCUT2D eigenvalue weighted by atomic mass is 10.0. The normalized spacial score (nSPS) is 29.9. The van der Waals surface area contributed by atoms with Gasteiger partial charge in [-0.05, 0) is 6.92 Å². The van der Waals surface area contributed by atoms with Gasteiger partial charge in [0.1, 0.15) is 0 Å². The molecule has 1 aliphatic rings. The molecule has 1 heterocycles. The molecule has 1 saturated heterocycles. The Morgan fingerprint density at radius 2 is 2.27 bits per heavy atom. The van der Waals surface area contributed by atoms with Crippen LogP contribution in [0.1, 0.15) is 6.92 Å². The lowest BCUT2D eigenvalue weighted by Gasteiger charge is -2.07. The highest BCUT2D eigenvalue weighted by atomic mass is 15.0. The molecule has 1 aliphatic heterocycles. The molecule has 0 saturated carbocycles. The standard InChI is InChI=1S/C8H15N3/c1-6(9-2)7-4-11-5-8(7)10-3/h7,11H,4-5H2,1-3H3. The summed E-state index contributed by atoms with van der Waals surface area (Å²) in [6.45, 7) is 3.98. The average molecular weight is 153 g/mol. The first-order chi connectivity index (χ1) is 5.29. The summed E-state index contributed by atoms with van der Waals surface area (Å²) in [6.07, 6.45) is 0. The molecule has 0 radical (unpaired) electrons. The van der Waals surface area contributed by atoms with Gasteiger partial charge in [0.05, 0.1) is 0 Å². The van der Waals surface area contributed by atoms with Gasteiger partial charge in [-0.3, -0.25) is 9.98 Å². The topological polar surface area (TPSA) is 36.8 Å². The van der Waals surface area contributed by atoms with Crippen molar-refractivity contribution < 1.29 is 0 Å². The average Bonchev–Trinajstić information content (AvgIpc) is 2.50. The van der Waals surface area contributed by atoms with Gasteiger partial charge in [0.15, 0.2) is 0 Å². The van der Waals surface area contributed by atoms with Crippen LogP contribution in [0.3, 0.4) is 0 Å². The maximum atomic E-state index is 4.21. The molecule has 0 bridgehead atoms. The predicted molar refractivity (Wildman–Crippen MR) is 48.8 cm³/mol. The minimum absolute atomic E-state index is 0.449. The van der Waals surface area contributed by atoms with Gasteiger partial charge in [-0.25, -0.2) is 0 Å². The van der Waals surface area contributed by atoms with E-state index in [-0.39, 0.29) is 0 Å². The van der Waals surface area contributed by atoms with Gasteiger partial charge >= 0.3 is 0 Å². The molecule has 11 heavy (non-hydrogen) atoms. The molecule has 3 heteroatoms. The van der Waals surface area contributed by atoms with Crippen LogP contribution in [-0.4, -0.2) is 38.6 Å². The second-order valence-corrected chi connectivity index (χ2v) is 2.76. The molecule has 1 fully saturated rings. The molecule has 0 aromatic rings. The van der Waals surface area contributed by atoms with Crippen molar-refractivity contribution in [3.63, 3.8) is 0 Å². The van der Waals surface area contributed by atoms with Crippen molar-refractivity contribution in [2.24, 2.45) is 15.9 Å². The fraction of sp³-hybridized carbons (Fsp3) is 0.750. The van der Waals surface area contributed by atoms with Gasteiger partial charge in [0, 0.05) is 44.5 Å². The van der Waals surface area contributed by atoms with Crippen LogP contribution in [0.4, 0.5) is 0 Å². The highest BCUT2D eigenvalue weighted by molar-refractivity contribution is 6.08. The van der Waals surface area contributed by atoms with E-state index in [0.29, 0.717) is 5.92 Å². The summed E-state index contributed by atoms with van der Waals surface area (Å²) in [7, 11) is 3.68. The summed E-state index contributed by atoms with van der Waals surface area (Å²) in [6, 6.07) is 0. The summed E-state index contributed by atoms with van der Waals surface area (Å²) in [4.78, 5) is 8.38. The number of nitrogens with one attached hydrogen (secondary N) is 1. The van der Waals surface area contributed by atoms with Crippen molar-refractivity contribution in [2.45, 2.75) is 6.92 Å². The molecule has 0 amide bonds. The highest BCUT2D eigenvalue weighted by Gasteiger charge is 2.23. The molecular formula is C8H15N3. The predicted octanol–water partition coefficient (Wildman–Crippen LogP) is 0.367. The number of hydrogen-bond donors (Lipinski definition) is 1. The van der Waals surface area contributed by atoms with Crippen LogP contribution >= 0.6 is 0 Å². The molecule has 0 spiro atoms. The first-order valence-corrected chi connectivity index (χ1v) is 3.89. The van der Waals surface area contributed by atoms with Crippen LogP contribution in [0.5, 0.6) is 0 Å². The van der Waals surface area contributed by atoms with E-state index in [1.165, 1.54) is 11.4 Å². The van der Waals surface area contributed by atoms with Crippen LogP contribution in [0.25, 0.3) is 0 Å².